The summed E-state index contributed by atoms with van der Waals surface area (Å²) in [5.41, 5.74) is 3.11. The second kappa shape index (κ2) is 8.33. The van der Waals surface area contributed by atoms with Gasteiger partial charge in [0.15, 0.2) is 11.5 Å². The van der Waals surface area contributed by atoms with Gasteiger partial charge in [0, 0.05) is 22.3 Å². The van der Waals surface area contributed by atoms with Crippen LogP contribution in [0.2, 0.25) is 5.02 Å². The second-order valence-corrected chi connectivity index (χ2v) is 9.25. The van der Waals surface area contributed by atoms with Crippen LogP contribution in [0.5, 0.6) is 11.5 Å². The Bertz CT molecular complexity index is 1280. The molecule has 2 aromatic heterocycles. The number of anilines is 1. The van der Waals surface area contributed by atoms with Crippen molar-refractivity contribution in [2.45, 2.75) is 17.2 Å². The molecule has 0 aliphatic carbocycles. The molecule has 1 amide bonds. The summed E-state index contributed by atoms with van der Waals surface area (Å²) in [5, 5.41) is 3.91. The number of carbonyl (C=O) groups excluding carboxylic acids is 1. The Morgan fingerprint density at radius 2 is 1.97 bits per heavy atom. The minimum Gasteiger partial charge on any atom is -0.454 e. The number of nitrogens with zero attached hydrogens (tertiary/aromatic N) is 3. The maximum Gasteiger partial charge on any atom is 0.237 e. The van der Waals surface area contributed by atoms with E-state index in [9.17, 15) is 4.79 Å². The fourth-order valence-electron chi connectivity index (χ4n) is 3.06. The van der Waals surface area contributed by atoms with Gasteiger partial charge in [0.25, 0.3) is 0 Å². The van der Waals surface area contributed by atoms with Gasteiger partial charge in [-0.15, -0.1) is 0 Å². The Kier molecular flexibility index (Phi) is 5.39. The van der Waals surface area contributed by atoms with Crippen molar-refractivity contribution in [3.8, 4) is 22.8 Å². The molecule has 5 rings (SSSR count). The standard InChI is InChI=1S/C21H15ClN4O3S2/c1-11(20(27)25-14-6-7-15-16(8-14)29-10-28-15)30-21-19-18(23-9-24-21)17(26-31-19)12-2-4-13(22)5-3-12/h2-9,11H,10H2,1H3,(H,25,27)/t11-/m1/s1. The first-order chi connectivity index (χ1) is 15.1. The highest BCUT2D eigenvalue weighted by atomic mass is 35.5. The Morgan fingerprint density at radius 3 is 2.81 bits per heavy atom. The van der Waals surface area contributed by atoms with Gasteiger partial charge in [-0.2, -0.15) is 4.37 Å². The SMILES string of the molecule is C[C@@H](Sc1ncnc2c(-c3ccc(Cl)cc3)nsc12)C(=O)Nc1ccc2c(c1)OCO2. The molecule has 31 heavy (non-hydrogen) atoms. The highest BCUT2D eigenvalue weighted by Gasteiger charge is 2.21. The zero-order valence-corrected chi connectivity index (χ0v) is 18.6. The van der Waals surface area contributed by atoms with Gasteiger partial charge < -0.3 is 14.8 Å². The van der Waals surface area contributed by atoms with Crippen LogP contribution in [0.4, 0.5) is 5.69 Å². The van der Waals surface area contributed by atoms with Gasteiger partial charge >= 0.3 is 0 Å². The number of thioether (sulfide) groups is 1. The van der Waals surface area contributed by atoms with Crippen molar-refractivity contribution in [1.29, 1.82) is 0 Å². The van der Waals surface area contributed by atoms with Crippen molar-refractivity contribution in [2.75, 3.05) is 12.1 Å². The van der Waals surface area contributed by atoms with Crippen molar-refractivity contribution >= 4 is 56.7 Å². The number of carbonyl (C=O) groups is 1. The molecule has 2 aromatic carbocycles. The Balaban J connectivity index is 1.35. The van der Waals surface area contributed by atoms with Crippen LogP contribution in [0.1, 0.15) is 6.92 Å². The van der Waals surface area contributed by atoms with E-state index in [0.29, 0.717) is 22.2 Å². The predicted octanol–water partition coefficient (Wildman–Crippen LogP) is 5.25. The Labute approximate surface area is 190 Å². The van der Waals surface area contributed by atoms with Crippen LogP contribution in [-0.2, 0) is 4.79 Å². The first kappa shape index (κ1) is 20.0. The predicted molar refractivity (Wildman–Crippen MR) is 122 cm³/mol. The van der Waals surface area contributed by atoms with Gasteiger partial charge in [-0.05, 0) is 42.7 Å². The van der Waals surface area contributed by atoms with Gasteiger partial charge in [-0.3, -0.25) is 4.79 Å². The average Bonchev–Trinajstić information content (AvgIpc) is 3.41. The van der Waals surface area contributed by atoms with E-state index in [1.54, 1.807) is 18.2 Å². The smallest absolute Gasteiger partial charge is 0.237 e. The maximum absolute atomic E-state index is 12.7. The van der Waals surface area contributed by atoms with E-state index in [1.165, 1.54) is 29.6 Å². The Morgan fingerprint density at radius 1 is 1.16 bits per heavy atom. The molecule has 156 valence electrons. The number of aromatic nitrogens is 3. The molecular weight excluding hydrogens is 456 g/mol. The normalized spacial score (nSPS) is 13.4. The number of hydrogen-bond donors (Lipinski definition) is 1. The van der Waals surface area contributed by atoms with Crippen LogP contribution >= 0.6 is 34.9 Å². The van der Waals surface area contributed by atoms with Gasteiger partial charge in [-0.1, -0.05) is 35.5 Å². The van der Waals surface area contributed by atoms with Crippen molar-refractivity contribution < 1.29 is 14.3 Å². The summed E-state index contributed by atoms with van der Waals surface area (Å²) in [7, 11) is 0. The third-order valence-corrected chi connectivity index (χ3v) is 6.96. The zero-order chi connectivity index (χ0) is 21.4. The molecule has 3 heterocycles. The van der Waals surface area contributed by atoms with Crippen LogP contribution in [0.25, 0.3) is 21.5 Å². The van der Waals surface area contributed by atoms with E-state index in [-0.39, 0.29) is 18.0 Å². The molecule has 0 bridgehead atoms. The topological polar surface area (TPSA) is 86.2 Å². The highest BCUT2D eigenvalue weighted by Crippen LogP contribution is 2.37. The summed E-state index contributed by atoms with van der Waals surface area (Å²) in [6, 6.07) is 12.8. The first-order valence-corrected chi connectivity index (χ1v) is 11.3. The van der Waals surface area contributed by atoms with Gasteiger partial charge in [-0.25, -0.2) is 9.97 Å². The van der Waals surface area contributed by atoms with Crippen LogP contribution < -0.4 is 14.8 Å². The monoisotopic (exact) mass is 470 g/mol. The number of ether oxygens (including phenoxy) is 2. The lowest BCUT2D eigenvalue weighted by atomic mass is 10.1. The second-order valence-electron chi connectivity index (χ2n) is 6.71. The highest BCUT2D eigenvalue weighted by molar-refractivity contribution is 8.00. The van der Waals surface area contributed by atoms with Crippen LogP contribution in [-0.4, -0.2) is 32.3 Å². The summed E-state index contributed by atoms with van der Waals surface area (Å²) in [4.78, 5) is 21.5. The summed E-state index contributed by atoms with van der Waals surface area (Å²) in [5.74, 6) is 1.15. The molecule has 4 aromatic rings. The number of nitrogens with one attached hydrogen (secondary N) is 1. The molecule has 7 nitrogen and oxygen atoms in total. The molecule has 0 unspecified atom stereocenters. The summed E-state index contributed by atoms with van der Waals surface area (Å²) in [6.45, 7) is 2.03. The van der Waals surface area contributed by atoms with E-state index >= 15 is 0 Å². The van der Waals surface area contributed by atoms with Gasteiger partial charge in [0.05, 0.1) is 5.25 Å². The number of halogens is 1. The quantitative estimate of drug-likeness (QED) is 0.314. The molecule has 0 radical (unpaired) electrons. The number of benzene rings is 2. The van der Waals surface area contributed by atoms with Crippen LogP contribution in [0.15, 0.2) is 53.8 Å². The average molecular weight is 471 g/mol. The largest absolute Gasteiger partial charge is 0.454 e. The minimum atomic E-state index is -0.385. The van der Waals surface area contributed by atoms with E-state index in [0.717, 1.165) is 26.5 Å². The molecule has 1 aliphatic rings. The number of amides is 1. The Hall–Kier alpha value is -2.88. The van der Waals surface area contributed by atoms with Crippen molar-refractivity contribution in [1.82, 2.24) is 14.3 Å². The fourth-order valence-corrected chi connectivity index (χ4v) is 5.00. The number of fused-ring (bicyclic) bond motifs is 2. The molecule has 0 fully saturated rings. The maximum atomic E-state index is 12.7. The zero-order valence-electron chi connectivity index (χ0n) is 16.2. The van der Waals surface area contributed by atoms with Crippen LogP contribution in [0, 0.1) is 0 Å². The van der Waals surface area contributed by atoms with Gasteiger partial charge in [0.1, 0.15) is 27.3 Å². The molecule has 1 aliphatic heterocycles. The minimum absolute atomic E-state index is 0.141. The molecule has 10 heteroatoms. The molecule has 0 saturated heterocycles. The lowest BCUT2D eigenvalue weighted by Gasteiger charge is -2.12. The molecule has 1 N–H and O–H groups in total. The summed E-state index contributed by atoms with van der Waals surface area (Å²) >= 11 is 8.68. The van der Waals surface area contributed by atoms with Crippen LogP contribution in [0.3, 0.4) is 0 Å². The molecule has 0 saturated carbocycles. The van der Waals surface area contributed by atoms with Gasteiger partial charge in [0.2, 0.25) is 12.7 Å². The lowest BCUT2D eigenvalue weighted by Crippen LogP contribution is -2.22. The van der Waals surface area contributed by atoms with E-state index in [2.05, 4.69) is 19.7 Å². The molecular formula is C21H15ClN4O3S2. The number of rotatable bonds is 5. The van der Waals surface area contributed by atoms with E-state index < -0.39 is 0 Å². The van der Waals surface area contributed by atoms with E-state index in [1.807, 2.05) is 31.2 Å². The van der Waals surface area contributed by atoms with Crippen molar-refractivity contribution in [3.05, 3.63) is 53.8 Å². The fraction of sp³-hybridized carbons (Fsp3) is 0.143. The molecule has 0 spiro atoms. The third-order valence-electron chi connectivity index (χ3n) is 4.64. The number of hydrogen-bond acceptors (Lipinski definition) is 8. The first-order valence-electron chi connectivity index (χ1n) is 9.32. The lowest BCUT2D eigenvalue weighted by molar-refractivity contribution is -0.115. The third kappa shape index (κ3) is 4.04. The molecule has 1 atom stereocenters. The summed E-state index contributed by atoms with van der Waals surface area (Å²) < 4.78 is 16.1. The summed E-state index contributed by atoms with van der Waals surface area (Å²) in [6.07, 6.45) is 1.50. The van der Waals surface area contributed by atoms with Crippen molar-refractivity contribution in [3.63, 3.8) is 0 Å². The van der Waals surface area contributed by atoms with Crippen molar-refractivity contribution in [2.24, 2.45) is 0 Å². The van der Waals surface area contributed by atoms with E-state index in [4.69, 9.17) is 21.1 Å².